The molecule has 5 nitrogen and oxygen atoms in total. The van der Waals surface area contributed by atoms with Crippen LogP contribution in [-0.2, 0) is 0 Å². The van der Waals surface area contributed by atoms with Crippen molar-refractivity contribution in [2.24, 2.45) is 5.92 Å². The van der Waals surface area contributed by atoms with Gasteiger partial charge in [-0.3, -0.25) is 4.98 Å². The van der Waals surface area contributed by atoms with Crippen LogP contribution in [0.1, 0.15) is 48.9 Å². The van der Waals surface area contributed by atoms with Gasteiger partial charge in [-0.15, -0.1) is 0 Å². The molecule has 2 aromatic carbocycles. The van der Waals surface area contributed by atoms with Gasteiger partial charge in [-0.05, 0) is 92.0 Å². The molecule has 8 heteroatoms. The molecular weight excluding hydrogens is 547 g/mol. The van der Waals surface area contributed by atoms with E-state index in [1.54, 1.807) is 6.20 Å². The summed E-state index contributed by atoms with van der Waals surface area (Å²) in [6, 6.07) is 21.5. The molecule has 0 saturated carbocycles. The predicted molar refractivity (Wildman–Crippen MR) is 164 cm³/mol. The zero-order valence-electron chi connectivity index (χ0n) is 21.9. The molecule has 0 spiro atoms. The Bertz CT molecular complexity index is 1500. The molecule has 0 amide bonds. The van der Waals surface area contributed by atoms with E-state index in [0.717, 1.165) is 63.7 Å². The summed E-state index contributed by atoms with van der Waals surface area (Å²) in [5.41, 5.74) is 4.81. The maximum Gasteiger partial charge on any atom is 0.174 e. The van der Waals surface area contributed by atoms with Crippen LogP contribution in [0.5, 0.6) is 0 Å². The summed E-state index contributed by atoms with van der Waals surface area (Å²) >= 11 is 19.2. The lowest BCUT2D eigenvalue weighted by Gasteiger charge is -2.33. The third-order valence-electron chi connectivity index (χ3n) is 7.88. The van der Waals surface area contributed by atoms with Crippen molar-refractivity contribution in [3.05, 3.63) is 100.0 Å². The van der Waals surface area contributed by atoms with Crippen LogP contribution < -0.4 is 15.1 Å². The second-order valence-corrected chi connectivity index (χ2v) is 11.6. The van der Waals surface area contributed by atoms with Gasteiger partial charge in [-0.2, -0.15) is 0 Å². The molecule has 2 saturated heterocycles. The first-order valence-electron chi connectivity index (χ1n) is 13.3. The number of hydrogen-bond acceptors (Lipinski definition) is 4. The maximum atomic E-state index is 6.91. The van der Waals surface area contributed by atoms with Gasteiger partial charge in [0.1, 0.15) is 17.6 Å². The number of nitrogens with one attached hydrogen (secondary N) is 1. The van der Waals surface area contributed by atoms with Gasteiger partial charge in [-0.1, -0.05) is 48.3 Å². The Labute approximate surface area is 244 Å². The molecule has 2 fully saturated rings. The fraction of sp³-hybridized carbons (Fsp3) is 0.290. The first-order valence-corrected chi connectivity index (χ1v) is 14.5. The Morgan fingerprint density at radius 1 is 0.974 bits per heavy atom. The molecule has 0 bridgehead atoms. The number of benzene rings is 2. The lowest BCUT2D eigenvalue weighted by Crippen LogP contribution is -2.33. The Hall–Kier alpha value is -3.06. The average molecular weight is 578 g/mol. The van der Waals surface area contributed by atoms with Crippen LogP contribution in [-0.4, -0.2) is 23.2 Å². The van der Waals surface area contributed by atoms with Gasteiger partial charge in [0.25, 0.3) is 0 Å². The molecule has 200 valence electrons. The Balaban J connectivity index is 1.39. The molecule has 1 N–H and O–H groups in total. The van der Waals surface area contributed by atoms with Crippen LogP contribution in [0.2, 0.25) is 10.0 Å². The largest absolute Gasteiger partial charge is 0.459 e. The number of pyridine rings is 1. The van der Waals surface area contributed by atoms with Crippen LogP contribution in [0.25, 0.3) is 11.3 Å². The SMILES string of the molecule is Cc1c(Cl)cccc1-c1ccc([C@H]2[C@H](c3ccccn3)NC(=S)N2c2ccc(N3CCC(C)CC3)c(Cl)c2)o1. The molecule has 2 aromatic heterocycles. The molecule has 39 heavy (non-hydrogen) atoms. The number of anilines is 2. The second-order valence-electron chi connectivity index (χ2n) is 10.4. The number of thiocarbonyl (C=S) groups is 1. The molecule has 2 atom stereocenters. The summed E-state index contributed by atoms with van der Waals surface area (Å²) < 4.78 is 6.53. The van der Waals surface area contributed by atoms with Crippen molar-refractivity contribution in [2.45, 2.75) is 38.8 Å². The predicted octanol–water partition coefficient (Wildman–Crippen LogP) is 8.37. The molecule has 0 unspecified atom stereocenters. The van der Waals surface area contributed by atoms with E-state index in [1.807, 2.05) is 61.5 Å². The zero-order valence-corrected chi connectivity index (χ0v) is 24.2. The van der Waals surface area contributed by atoms with Gasteiger partial charge in [-0.25, -0.2) is 0 Å². The van der Waals surface area contributed by atoms with Gasteiger partial charge in [0.05, 0.1) is 22.4 Å². The Morgan fingerprint density at radius 2 is 1.79 bits per heavy atom. The van der Waals surface area contributed by atoms with Gasteiger partial charge in [0.2, 0.25) is 0 Å². The molecule has 2 aliphatic heterocycles. The summed E-state index contributed by atoms with van der Waals surface area (Å²) in [5.74, 6) is 2.29. The van der Waals surface area contributed by atoms with Crippen LogP contribution in [0.15, 0.2) is 77.3 Å². The summed E-state index contributed by atoms with van der Waals surface area (Å²) in [5, 5.41) is 5.53. The highest BCUT2D eigenvalue weighted by atomic mass is 35.5. The first kappa shape index (κ1) is 26.2. The monoisotopic (exact) mass is 576 g/mol. The van der Waals surface area contributed by atoms with E-state index in [-0.39, 0.29) is 12.1 Å². The van der Waals surface area contributed by atoms with Gasteiger partial charge in [0.15, 0.2) is 5.11 Å². The van der Waals surface area contributed by atoms with Crippen molar-refractivity contribution >= 4 is 51.9 Å². The van der Waals surface area contributed by atoms with Crippen molar-refractivity contribution in [1.82, 2.24) is 10.3 Å². The molecular formula is C31H30Cl2N4OS. The average Bonchev–Trinajstić information content (AvgIpc) is 3.56. The lowest BCUT2D eigenvalue weighted by atomic mass is 9.98. The lowest BCUT2D eigenvalue weighted by molar-refractivity contribution is 0.438. The highest BCUT2D eigenvalue weighted by molar-refractivity contribution is 7.80. The summed E-state index contributed by atoms with van der Waals surface area (Å²) in [6.45, 7) is 6.36. The summed E-state index contributed by atoms with van der Waals surface area (Å²) in [4.78, 5) is 9.12. The van der Waals surface area contributed by atoms with E-state index >= 15 is 0 Å². The normalized spacial score (nSPS) is 19.9. The number of piperidine rings is 1. The molecule has 4 heterocycles. The van der Waals surface area contributed by atoms with E-state index in [2.05, 4.69) is 39.2 Å². The highest BCUT2D eigenvalue weighted by Crippen LogP contribution is 2.45. The van der Waals surface area contributed by atoms with Crippen molar-refractivity contribution in [3.8, 4) is 11.3 Å². The molecule has 6 rings (SSSR count). The van der Waals surface area contributed by atoms with E-state index in [0.29, 0.717) is 10.1 Å². The quantitative estimate of drug-likeness (QED) is 0.241. The highest BCUT2D eigenvalue weighted by Gasteiger charge is 2.43. The van der Waals surface area contributed by atoms with Gasteiger partial charge >= 0.3 is 0 Å². The number of hydrogen-bond donors (Lipinski definition) is 1. The first-order chi connectivity index (χ1) is 18.9. The van der Waals surface area contributed by atoms with E-state index in [4.69, 9.17) is 39.8 Å². The van der Waals surface area contributed by atoms with Crippen molar-refractivity contribution in [3.63, 3.8) is 0 Å². The van der Waals surface area contributed by atoms with E-state index in [9.17, 15) is 0 Å². The standard InChI is InChI=1S/C31H30Cl2N4OS/c1-19-13-16-36(17-14-19)26-10-9-21(18-24(26)33)37-30(29(35-31(37)39)25-8-3-4-15-34-25)28-12-11-27(38-28)22-6-5-7-23(32)20(22)2/h3-12,15,18-19,29-30H,13-14,16-17H2,1-2H3,(H,35,39)/t29-,30-/m0/s1. The number of rotatable bonds is 5. The maximum absolute atomic E-state index is 6.91. The van der Waals surface area contributed by atoms with Crippen molar-refractivity contribution in [2.75, 3.05) is 22.9 Å². The van der Waals surface area contributed by atoms with Crippen LogP contribution >= 0.6 is 35.4 Å². The van der Waals surface area contributed by atoms with Crippen LogP contribution in [0, 0.1) is 12.8 Å². The Kier molecular flexibility index (Phi) is 7.27. The number of furan rings is 1. The zero-order chi connectivity index (χ0) is 27.1. The minimum Gasteiger partial charge on any atom is -0.459 e. The smallest absolute Gasteiger partial charge is 0.174 e. The molecule has 4 aromatic rings. The van der Waals surface area contributed by atoms with Gasteiger partial charge < -0.3 is 19.5 Å². The molecule has 0 aliphatic carbocycles. The molecule has 2 aliphatic rings. The summed E-state index contributed by atoms with van der Waals surface area (Å²) in [7, 11) is 0. The fourth-order valence-electron chi connectivity index (χ4n) is 5.60. The topological polar surface area (TPSA) is 44.5 Å². The minimum absolute atomic E-state index is 0.208. The Morgan fingerprint density at radius 3 is 2.54 bits per heavy atom. The fourth-order valence-corrected chi connectivity index (χ4v) is 6.42. The number of aromatic nitrogens is 1. The van der Waals surface area contributed by atoms with Crippen LogP contribution in [0.3, 0.4) is 0 Å². The third kappa shape index (κ3) is 5.02. The second kappa shape index (κ2) is 10.8. The third-order valence-corrected chi connectivity index (χ3v) is 8.91. The van der Waals surface area contributed by atoms with Crippen LogP contribution in [0.4, 0.5) is 11.4 Å². The number of halogens is 2. The number of nitrogens with zero attached hydrogens (tertiary/aromatic N) is 3. The molecule has 0 radical (unpaired) electrons. The summed E-state index contributed by atoms with van der Waals surface area (Å²) in [6.07, 6.45) is 4.16. The van der Waals surface area contributed by atoms with Gasteiger partial charge in [0, 0.05) is 35.6 Å². The van der Waals surface area contributed by atoms with E-state index < -0.39 is 0 Å². The minimum atomic E-state index is -0.265. The van der Waals surface area contributed by atoms with Crippen molar-refractivity contribution < 1.29 is 4.42 Å². The van der Waals surface area contributed by atoms with Crippen molar-refractivity contribution in [1.29, 1.82) is 0 Å². The van der Waals surface area contributed by atoms with E-state index in [1.165, 1.54) is 12.8 Å².